The van der Waals surface area contributed by atoms with E-state index in [0.29, 0.717) is 41.7 Å². The summed E-state index contributed by atoms with van der Waals surface area (Å²) in [5, 5.41) is 28.1. The van der Waals surface area contributed by atoms with E-state index >= 15 is 0 Å². The summed E-state index contributed by atoms with van der Waals surface area (Å²) in [5.74, 6) is 1.27. The van der Waals surface area contributed by atoms with E-state index in [1.54, 1.807) is 4.90 Å². The van der Waals surface area contributed by atoms with Crippen molar-refractivity contribution in [3.8, 4) is 22.4 Å². The lowest BCUT2D eigenvalue weighted by Gasteiger charge is -2.39. The number of pyridine rings is 2. The number of aromatic nitrogens is 6. The largest absolute Gasteiger partial charge is 0.392 e. The van der Waals surface area contributed by atoms with Gasteiger partial charge in [-0.3, -0.25) is 29.8 Å². The van der Waals surface area contributed by atoms with Gasteiger partial charge in [-0.05, 0) is 85.3 Å². The summed E-state index contributed by atoms with van der Waals surface area (Å²) in [6.45, 7) is 14.8. The Labute approximate surface area is 371 Å². The number of hydrogen-bond acceptors (Lipinski definition) is 13. The molecule has 4 amide bonds. The maximum atomic E-state index is 13.0. The van der Waals surface area contributed by atoms with Gasteiger partial charge in [-0.25, -0.2) is 14.8 Å². The van der Waals surface area contributed by atoms with Gasteiger partial charge in [0.15, 0.2) is 5.65 Å². The number of piperazine rings is 1. The first-order valence-corrected chi connectivity index (χ1v) is 22.0. The van der Waals surface area contributed by atoms with E-state index in [2.05, 4.69) is 81.0 Å². The number of anilines is 3. The van der Waals surface area contributed by atoms with E-state index in [1.165, 1.54) is 5.69 Å². The van der Waals surface area contributed by atoms with Crippen molar-refractivity contribution in [3.05, 3.63) is 95.9 Å². The van der Waals surface area contributed by atoms with E-state index < -0.39 is 11.9 Å². The quantitative estimate of drug-likeness (QED) is 0.121. The summed E-state index contributed by atoms with van der Waals surface area (Å²) < 4.78 is 5.29. The first-order chi connectivity index (χ1) is 30.9. The molecular weight excluding hydrogens is 813 g/mol. The number of piperidine rings is 1. The molecule has 3 saturated heterocycles. The number of imide groups is 1. The van der Waals surface area contributed by atoms with E-state index in [0.717, 1.165) is 97.8 Å². The third-order valence-corrected chi connectivity index (χ3v) is 12.6. The number of urea groups is 1. The van der Waals surface area contributed by atoms with Crippen LogP contribution in [0.4, 0.5) is 22.0 Å². The summed E-state index contributed by atoms with van der Waals surface area (Å²) in [6.07, 6.45) is 6.33. The molecule has 17 heteroatoms. The molecular formula is C47H54N12O5. The summed E-state index contributed by atoms with van der Waals surface area (Å²) in [6, 6.07) is 19.3. The number of hydrogen-bond donors (Lipinski definition) is 4. The first-order valence-electron chi connectivity index (χ1n) is 22.0. The molecule has 2 aromatic carbocycles. The molecule has 64 heavy (non-hydrogen) atoms. The van der Waals surface area contributed by atoms with E-state index in [4.69, 9.17) is 9.51 Å². The fourth-order valence-electron chi connectivity index (χ4n) is 8.85. The van der Waals surface area contributed by atoms with Gasteiger partial charge in [0.2, 0.25) is 11.8 Å². The number of nitrogens with zero attached hydrogens (tertiary/aromatic N) is 9. The molecule has 0 spiro atoms. The third kappa shape index (κ3) is 9.03. The molecule has 332 valence electrons. The van der Waals surface area contributed by atoms with Crippen molar-refractivity contribution in [2.24, 2.45) is 5.92 Å². The predicted molar refractivity (Wildman–Crippen MR) is 243 cm³/mol. The fraction of sp³-hybridized carbons (Fsp3) is 0.404. The molecule has 3 aliphatic heterocycles. The zero-order valence-corrected chi connectivity index (χ0v) is 36.7. The molecule has 0 bridgehead atoms. The molecule has 3 aliphatic rings. The second-order valence-electron chi connectivity index (χ2n) is 18.0. The van der Waals surface area contributed by atoms with Crippen LogP contribution in [0, 0.1) is 5.92 Å². The number of carbonyl (C=O) groups is 3. The van der Waals surface area contributed by atoms with Gasteiger partial charge in [0.1, 0.15) is 11.5 Å². The Morgan fingerprint density at radius 1 is 0.875 bits per heavy atom. The Bertz CT molecular complexity index is 2640. The van der Waals surface area contributed by atoms with E-state index in [-0.39, 0.29) is 29.8 Å². The molecule has 3 fully saturated rings. The van der Waals surface area contributed by atoms with Crippen LogP contribution in [0.5, 0.6) is 0 Å². The molecule has 0 aliphatic carbocycles. The Morgan fingerprint density at radius 3 is 2.30 bits per heavy atom. The van der Waals surface area contributed by atoms with Crippen LogP contribution >= 0.6 is 0 Å². The molecule has 4 N–H and O–H groups in total. The zero-order chi connectivity index (χ0) is 44.5. The Balaban J connectivity index is 0.777. The van der Waals surface area contributed by atoms with Crippen LogP contribution in [-0.4, -0.2) is 111 Å². The Kier molecular flexibility index (Phi) is 11.8. The predicted octanol–water partition coefficient (Wildman–Crippen LogP) is 5.84. The minimum atomic E-state index is -0.462. The number of nitrogens with one attached hydrogen (secondary N) is 3. The van der Waals surface area contributed by atoms with Gasteiger partial charge in [-0.15, -0.1) is 0 Å². The molecule has 17 nitrogen and oxygen atoms in total. The van der Waals surface area contributed by atoms with Crippen LogP contribution in [0.1, 0.15) is 80.6 Å². The van der Waals surface area contributed by atoms with Gasteiger partial charge in [-0.2, -0.15) is 10.1 Å². The second-order valence-corrected chi connectivity index (χ2v) is 18.0. The average Bonchev–Trinajstić information content (AvgIpc) is 3.99. The van der Waals surface area contributed by atoms with E-state index in [1.807, 2.05) is 70.4 Å². The first kappa shape index (κ1) is 42.6. The van der Waals surface area contributed by atoms with Crippen molar-refractivity contribution in [1.29, 1.82) is 0 Å². The number of amides is 4. The van der Waals surface area contributed by atoms with E-state index in [9.17, 15) is 19.5 Å². The summed E-state index contributed by atoms with van der Waals surface area (Å²) >= 11 is 0. The minimum absolute atomic E-state index is 0.0383. The summed E-state index contributed by atoms with van der Waals surface area (Å²) in [4.78, 5) is 59.6. The highest BCUT2D eigenvalue weighted by Crippen LogP contribution is 2.33. The highest BCUT2D eigenvalue weighted by atomic mass is 16.5. The lowest BCUT2D eigenvalue weighted by molar-refractivity contribution is -0.120. The summed E-state index contributed by atoms with van der Waals surface area (Å²) in [7, 11) is 0. The van der Waals surface area contributed by atoms with Crippen LogP contribution in [0.3, 0.4) is 0 Å². The van der Waals surface area contributed by atoms with Gasteiger partial charge in [-0.1, -0.05) is 38.1 Å². The molecule has 0 radical (unpaired) electrons. The molecule has 1 atom stereocenters. The van der Waals surface area contributed by atoms with Crippen molar-refractivity contribution in [2.45, 2.75) is 65.0 Å². The van der Waals surface area contributed by atoms with Gasteiger partial charge in [0, 0.05) is 110 Å². The van der Waals surface area contributed by atoms with Crippen LogP contribution in [0.15, 0.2) is 77.6 Å². The molecule has 7 heterocycles. The number of aliphatic hydroxyl groups excluding tert-OH is 1. The average molecular weight is 867 g/mol. The normalized spacial score (nSPS) is 17.2. The number of aliphatic hydroxyl groups is 1. The Morgan fingerprint density at radius 2 is 1.61 bits per heavy atom. The standard InChI is InChI=1S/C47H54N12O5/c1-29(50-44(62)43-52-45(64-55-43)47(2,3)4)37-11-5-31(23-34(37)28-60)41-38-24-33(26-49-42(38)54-53-41)32-6-12-39(48-25-32)58-21-19-56(20-22-58)27-30-13-16-57(17-14-30)35-7-9-36(10-8-35)59-18-15-40(61)51-46(59)63/h5-12,23-26,29-30,60H,13-22,27-28H2,1-4H3,(H,50,62)(H,49,53,54)(H,51,61,63). The molecule has 0 saturated carbocycles. The van der Waals surface area contributed by atoms with Gasteiger partial charge in [0.05, 0.1) is 12.6 Å². The minimum Gasteiger partial charge on any atom is -0.392 e. The van der Waals surface area contributed by atoms with Crippen molar-refractivity contribution in [1.82, 2.24) is 45.8 Å². The fourth-order valence-corrected chi connectivity index (χ4v) is 8.85. The molecule has 4 aromatic heterocycles. The maximum Gasteiger partial charge on any atom is 0.328 e. The smallest absolute Gasteiger partial charge is 0.328 e. The lowest BCUT2D eigenvalue weighted by Crippen LogP contribution is -2.49. The van der Waals surface area contributed by atoms with Gasteiger partial charge < -0.3 is 24.7 Å². The highest BCUT2D eigenvalue weighted by Gasteiger charge is 2.28. The second kappa shape index (κ2) is 17.8. The number of benzene rings is 2. The third-order valence-electron chi connectivity index (χ3n) is 12.6. The maximum absolute atomic E-state index is 13.0. The van der Waals surface area contributed by atoms with Crippen molar-refractivity contribution in [3.63, 3.8) is 0 Å². The number of fused-ring (bicyclic) bond motifs is 1. The molecule has 1 unspecified atom stereocenters. The van der Waals surface area contributed by atoms with Crippen LogP contribution in [0.2, 0.25) is 0 Å². The number of rotatable bonds is 11. The lowest BCUT2D eigenvalue weighted by atomic mass is 9.95. The summed E-state index contributed by atoms with van der Waals surface area (Å²) in [5.41, 5.74) is 7.02. The van der Waals surface area contributed by atoms with Crippen molar-refractivity contribution < 1.29 is 24.0 Å². The zero-order valence-electron chi connectivity index (χ0n) is 36.7. The highest BCUT2D eigenvalue weighted by molar-refractivity contribution is 6.05. The topological polar surface area (TPSA) is 202 Å². The van der Waals surface area contributed by atoms with Crippen LogP contribution < -0.4 is 25.3 Å². The van der Waals surface area contributed by atoms with Crippen molar-refractivity contribution >= 4 is 46.1 Å². The Hall–Kier alpha value is -6.72. The van der Waals surface area contributed by atoms with Crippen molar-refractivity contribution in [2.75, 3.05) is 67.1 Å². The molecule has 6 aromatic rings. The number of H-pyrrole nitrogens is 1. The van der Waals surface area contributed by atoms with Crippen LogP contribution in [-0.2, 0) is 16.8 Å². The molecule has 9 rings (SSSR count). The van der Waals surface area contributed by atoms with Gasteiger partial charge in [0.25, 0.3) is 11.7 Å². The number of carbonyl (C=O) groups excluding carboxylic acids is 3. The van der Waals surface area contributed by atoms with Gasteiger partial charge >= 0.3 is 6.03 Å². The SMILES string of the molecule is CC(NC(=O)c1noc(C(C)(C)C)n1)c1ccc(-c2n[nH]c3ncc(-c4ccc(N5CCN(CC6CCN(c7ccc(N8CCC(=O)NC8=O)cc7)CC6)CC5)nc4)cc23)cc1CO. The monoisotopic (exact) mass is 866 g/mol. The van der Waals surface area contributed by atoms with Crippen LogP contribution in [0.25, 0.3) is 33.4 Å². The number of aromatic amines is 1.